The molecule has 2 aliphatic rings. The third kappa shape index (κ3) is 2.93. The molecule has 3 heteroatoms. The lowest BCUT2D eigenvalue weighted by molar-refractivity contribution is 0.0906. The van der Waals surface area contributed by atoms with Crippen LogP contribution in [-0.4, -0.2) is 29.8 Å². The van der Waals surface area contributed by atoms with Crippen LogP contribution in [0.2, 0.25) is 5.02 Å². The Morgan fingerprint density at radius 3 is 2.67 bits per heavy atom. The van der Waals surface area contributed by atoms with Gasteiger partial charge in [-0.25, -0.2) is 0 Å². The average Bonchev–Trinajstić information content (AvgIpc) is 3.01. The maximum atomic E-state index is 12.9. The molecule has 0 N–H and O–H groups in total. The van der Waals surface area contributed by atoms with Gasteiger partial charge in [0.05, 0.1) is 0 Å². The number of ketones is 1. The van der Waals surface area contributed by atoms with Crippen molar-refractivity contribution in [1.82, 2.24) is 4.90 Å². The highest BCUT2D eigenvalue weighted by Crippen LogP contribution is 2.39. The number of hydrogen-bond acceptors (Lipinski definition) is 2. The molecule has 1 aromatic rings. The van der Waals surface area contributed by atoms with Gasteiger partial charge in [0, 0.05) is 35.0 Å². The standard InChI is InChI=1S/C18H22ClNO/c1-12(2)10-15-16(11-20-9-3-4-17(15)20)18(21)13-5-7-14(19)8-6-13/h5-8,10,15-17H,3-4,9,11H2,1-2H3/t15-,16+,17+/m0/s1. The number of rotatable bonds is 3. The summed E-state index contributed by atoms with van der Waals surface area (Å²) in [7, 11) is 0. The van der Waals surface area contributed by atoms with Gasteiger partial charge in [-0.05, 0) is 57.5 Å². The van der Waals surface area contributed by atoms with Crippen molar-refractivity contribution in [3.63, 3.8) is 0 Å². The summed E-state index contributed by atoms with van der Waals surface area (Å²) in [5.41, 5.74) is 2.10. The second-order valence-corrected chi connectivity index (χ2v) is 6.94. The minimum atomic E-state index is 0.0892. The molecule has 3 rings (SSSR count). The molecular formula is C18H22ClNO. The first-order chi connectivity index (χ1) is 10.1. The van der Waals surface area contributed by atoms with Crippen molar-refractivity contribution in [3.8, 4) is 0 Å². The van der Waals surface area contributed by atoms with E-state index < -0.39 is 0 Å². The van der Waals surface area contributed by atoms with Crippen LogP contribution in [0.4, 0.5) is 0 Å². The Kier molecular flexibility index (Phi) is 4.19. The quantitative estimate of drug-likeness (QED) is 0.616. The smallest absolute Gasteiger partial charge is 0.167 e. The Balaban J connectivity index is 1.87. The lowest BCUT2D eigenvalue weighted by Gasteiger charge is -2.20. The lowest BCUT2D eigenvalue weighted by Crippen LogP contribution is -2.25. The molecule has 3 atom stereocenters. The van der Waals surface area contributed by atoms with Gasteiger partial charge < -0.3 is 0 Å². The third-order valence-electron chi connectivity index (χ3n) is 4.75. The van der Waals surface area contributed by atoms with Crippen molar-refractivity contribution in [2.45, 2.75) is 32.7 Å². The van der Waals surface area contributed by atoms with Crippen molar-refractivity contribution in [1.29, 1.82) is 0 Å². The molecule has 0 saturated carbocycles. The van der Waals surface area contributed by atoms with Crippen LogP contribution < -0.4 is 0 Å². The number of nitrogens with zero attached hydrogens (tertiary/aromatic N) is 1. The molecule has 1 aromatic carbocycles. The maximum Gasteiger partial charge on any atom is 0.167 e. The van der Waals surface area contributed by atoms with Crippen LogP contribution in [0.1, 0.15) is 37.0 Å². The minimum absolute atomic E-state index is 0.0892. The van der Waals surface area contributed by atoms with E-state index in [-0.39, 0.29) is 11.7 Å². The number of fused-ring (bicyclic) bond motifs is 1. The summed E-state index contributed by atoms with van der Waals surface area (Å²) in [6.45, 7) is 6.30. The van der Waals surface area contributed by atoms with Crippen molar-refractivity contribution in [2.75, 3.05) is 13.1 Å². The van der Waals surface area contributed by atoms with Crippen molar-refractivity contribution in [2.24, 2.45) is 11.8 Å². The van der Waals surface area contributed by atoms with E-state index in [1.54, 1.807) is 12.1 Å². The predicted octanol–water partition coefficient (Wildman–Crippen LogP) is 4.20. The monoisotopic (exact) mass is 303 g/mol. The van der Waals surface area contributed by atoms with E-state index in [1.165, 1.54) is 18.4 Å². The van der Waals surface area contributed by atoms with E-state index in [9.17, 15) is 4.79 Å². The fraction of sp³-hybridized carbons (Fsp3) is 0.500. The third-order valence-corrected chi connectivity index (χ3v) is 5.00. The molecule has 2 saturated heterocycles. The van der Waals surface area contributed by atoms with Crippen molar-refractivity contribution < 1.29 is 4.79 Å². The number of hydrogen-bond donors (Lipinski definition) is 0. The number of benzene rings is 1. The number of Topliss-reactive ketones (excluding diaryl/α,β-unsaturated/α-hetero) is 1. The van der Waals surface area contributed by atoms with Crippen LogP contribution in [0.15, 0.2) is 35.9 Å². The second kappa shape index (κ2) is 5.94. The van der Waals surface area contributed by atoms with Gasteiger partial charge in [0.2, 0.25) is 0 Å². The molecule has 2 nitrogen and oxygen atoms in total. The Morgan fingerprint density at radius 2 is 2.00 bits per heavy atom. The van der Waals surface area contributed by atoms with Gasteiger partial charge in [0.1, 0.15) is 0 Å². The van der Waals surface area contributed by atoms with Gasteiger partial charge in [0.15, 0.2) is 5.78 Å². The van der Waals surface area contributed by atoms with Gasteiger partial charge in [-0.1, -0.05) is 23.3 Å². The first-order valence-corrected chi connectivity index (χ1v) is 8.13. The van der Waals surface area contributed by atoms with Crippen LogP contribution >= 0.6 is 11.6 Å². The Morgan fingerprint density at radius 1 is 1.29 bits per heavy atom. The van der Waals surface area contributed by atoms with Crippen LogP contribution in [0, 0.1) is 11.8 Å². The Labute approximate surface area is 131 Å². The zero-order chi connectivity index (χ0) is 15.0. The van der Waals surface area contributed by atoms with Crippen LogP contribution in [0.5, 0.6) is 0 Å². The normalized spacial score (nSPS) is 28.4. The van der Waals surface area contributed by atoms with E-state index in [0.29, 0.717) is 17.0 Å². The number of halogens is 1. The fourth-order valence-corrected chi connectivity index (χ4v) is 3.98. The van der Waals surface area contributed by atoms with E-state index >= 15 is 0 Å². The molecule has 21 heavy (non-hydrogen) atoms. The lowest BCUT2D eigenvalue weighted by atomic mass is 9.83. The molecule has 0 aromatic heterocycles. The minimum Gasteiger partial charge on any atom is -0.299 e. The largest absolute Gasteiger partial charge is 0.299 e. The predicted molar refractivity (Wildman–Crippen MR) is 86.8 cm³/mol. The average molecular weight is 304 g/mol. The molecule has 2 heterocycles. The van der Waals surface area contributed by atoms with Gasteiger partial charge in [-0.15, -0.1) is 0 Å². The summed E-state index contributed by atoms with van der Waals surface area (Å²) < 4.78 is 0. The van der Waals surface area contributed by atoms with Crippen molar-refractivity contribution >= 4 is 17.4 Å². The molecule has 0 unspecified atom stereocenters. The van der Waals surface area contributed by atoms with Gasteiger partial charge in [0.25, 0.3) is 0 Å². The zero-order valence-corrected chi connectivity index (χ0v) is 13.4. The summed E-state index contributed by atoms with van der Waals surface area (Å²) in [5, 5.41) is 0.680. The molecule has 2 fully saturated rings. The molecule has 2 aliphatic heterocycles. The molecular weight excluding hydrogens is 282 g/mol. The van der Waals surface area contributed by atoms with Crippen LogP contribution in [0.3, 0.4) is 0 Å². The van der Waals surface area contributed by atoms with Crippen molar-refractivity contribution in [3.05, 3.63) is 46.5 Å². The molecule has 0 aliphatic carbocycles. The summed E-state index contributed by atoms with van der Waals surface area (Å²) in [4.78, 5) is 15.4. The Bertz CT molecular complexity index is 559. The van der Waals surface area contributed by atoms with E-state index in [2.05, 4.69) is 24.8 Å². The van der Waals surface area contributed by atoms with Gasteiger partial charge in [-0.3, -0.25) is 9.69 Å². The van der Waals surface area contributed by atoms with E-state index in [1.807, 2.05) is 12.1 Å². The number of carbonyl (C=O) groups excluding carboxylic acids is 1. The first kappa shape index (κ1) is 14.8. The summed E-state index contributed by atoms with van der Waals surface area (Å²) in [6.07, 6.45) is 4.80. The summed E-state index contributed by atoms with van der Waals surface area (Å²) in [6, 6.07) is 7.88. The topological polar surface area (TPSA) is 20.3 Å². The van der Waals surface area contributed by atoms with Gasteiger partial charge >= 0.3 is 0 Å². The highest BCUT2D eigenvalue weighted by atomic mass is 35.5. The van der Waals surface area contributed by atoms with Crippen LogP contribution in [-0.2, 0) is 0 Å². The number of allylic oxidation sites excluding steroid dienone is 1. The SMILES string of the molecule is CC(C)=C[C@@H]1[C@H]2CCCN2C[C@H]1C(=O)c1ccc(Cl)cc1. The highest BCUT2D eigenvalue weighted by molar-refractivity contribution is 6.30. The summed E-state index contributed by atoms with van der Waals surface area (Å²) in [5.74, 6) is 0.718. The molecule has 0 spiro atoms. The molecule has 0 bridgehead atoms. The second-order valence-electron chi connectivity index (χ2n) is 6.50. The molecule has 0 radical (unpaired) electrons. The van der Waals surface area contributed by atoms with E-state index in [4.69, 9.17) is 11.6 Å². The van der Waals surface area contributed by atoms with Crippen LogP contribution in [0.25, 0.3) is 0 Å². The van der Waals surface area contributed by atoms with E-state index in [0.717, 1.165) is 18.7 Å². The maximum absolute atomic E-state index is 12.9. The first-order valence-electron chi connectivity index (χ1n) is 7.75. The summed E-state index contributed by atoms with van der Waals surface area (Å²) >= 11 is 5.92. The number of carbonyl (C=O) groups is 1. The Hall–Kier alpha value is -1.12. The van der Waals surface area contributed by atoms with Gasteiger partial charge in [-0.2, -0.15) is 0 Å². The molecule has 0 amide bonds. The fourth-order valence-electron chi connectivity index (χ4n) is 3.86. The molecule has 112 valence electrons. The zero-order valence-electron chi connectivity index (χ0n) is 12.7. The highest BCUT2D eigenvalue weighted by Gasteiger charge is 2.45.